The Bertz CT molecular complexity index is 371. The van der Waals surface area contributed by atoms with Crippen molar-refractivity contribution in [2.45, 2.75) is 57.4 Å². The topological polar surface area (TPSA) is 37.4 Å². The van der Waals surface area contributed by atoms with Gasteiger partial charge in [0.15, 0.2) is 0 Å². The summed E-state index contributed by atoms with van der Waals surface area (Å²) in [6.07, 6.45) is 9.25. The van der Waals surface area contributed by atoms with E-state index in [9.17, 15) is 9.59 Å². The van der Waals surface area contributed by atoms with Crippen molar-refractivity contribution in [3.8, 4) is 0 Å². The number of rotatable bonds is 1. The van der Waals surface area contributed by atoms with Crippen LogP contribution in [0.2, 0.25) is 0 Å². The number of hydrogen-bond acceptors (Lipinski definition) is 2. The van der Waals surface area contributed by atoms with Gasteiger partial charge in [-0.2, -0.15) is 0 Å². The molecule has 4 atom stereocenters. The van der Waals surface area contributed by atoms with E-state index < -0.39 is 0 Å². The summed E-state index contributed by atoms with van der Waals surface area (Å²) in [6.45, 7) is 0. The molecule has 0 aromatic heterocycles. The Labute approximate surface area is 108 Å². The predicted molar refractivity (Wildman–Crippen MR) is 66.5 cm³/mol. The number of imide groups is 1. The molecule has 3 nitrogen and oxygen atoms in total. The van der Waals surface area contributed by atoms with Gasteiger partial charge in [0.2, 0.25) is 11.8 Å². The van der Waals surface area contributed by atoms with Gasteiger partial charge in [0.25, 0.3) is 0 Å². The van der Waals surface area contributed by atoms with Crippen LogP contribution < -0.4 is 0 Å². The van der Waals surface area contributed by atoms with E-state index in [0.717, 1.165) is 19.3 Å². The summed E-state index contributed by atoms with van der Waals surface area (Å²) in [6, 6.07) is 0.240. The second-order valence-corrected chi connectivity index (χ2v) is 6.72. The summed E-state index contributed by atoms with van der Waals surface area (Å²) < 4.78 is 0. The Morgan fingerprint density at radius 1 is 0.778 bits per heavy atom. The first-order valence-corrected chi connectivity index (χ1v) is 7.64. The lowest BCUT2D eigenvalue weighted by Gasteiger charge is -2.30. The highest BCUT2D eigenvalue weighted by Gasteiger charge is 2.61. The van der Waals surface area contributed by atoms with Crippen molar-refractivity contribution < 1.29 is 9.59 Å². The lowest BCUT2D eigenvalue weighted by atomic mass is 9.81. The average Bonchev–Trinajstić information content (AvgIpc) is 3.05. The first-order chi connectivity index (χ1) is 8.77. The Hall–Kier alpha value is -0.860. The Morgan fingerprint density at radius 2 is 1.33 bits per heavy atom. The predicted octanol–water partition coefficient (Wildman–Crippen LogP) is 2.35. The number of carbonyl (C=O) groups excluding carboxylic acids is 2. The number of amides is 2. The molecular formula is C15H21NO2. The monoisotopic (exact) mass is 247 g/mol. The van der Waals surface area contributed by atoms with Crippen molar-refractivity contribution >= 4 is 11.8 Å². The molecule has 1 heterocycles. The van der Waals surface area contributed by atoms with Gasteiger partial charge in [0.05, 0.1) is 11.8 Å². The second-order valence-electron chi connectivity index (χ2n) is 6.72. The van der Waals surface area contributed by atoms with Crippen LogP contribution in [0, 0.1) is 23.7 Å². The van der Waals surface area contributed by atoms with E-state index in [0.29, 0.717) is 11.8 Å². The zero-order valence-electron chi connectivity index (χ0n) is 10.8. The average molecular weight is 247 g/mol. The molecule has 3 heteroatoms. The number of likely N-dealkylation sites (tertiary alicyclic amines) is 1. The smallest absolute Gasteiger partial charge is 0.233 e. The van der Waals surface area contributed by atoms with Crippen LogP contribution in [-0.2, 0) is 9.59 Å². The summed E-state index contributed by atoms with van der Waals surface area (Å²) in [5.41, 5.74) is 0. The van der Waals surface area contributed by atoms with Gasteiger partial charge in [0, 0.05) is 6.04 Å². The maximum atomic E-state index is 12.6. The third-order valence-electron chi connectivity index (χ3n) is 5.90. The van der Waals surface area contributed by atoms with Crippen LogP contribution in [-0.4, -0.2) is 22.8 Å². The van der Waals surface area contributed by atoms with Gasteiger partial charge in [-0.15, -0.1) is 0 Å². The van der Waals surface area contributed by atoms with Gasteiger partial charge in [-0.25, -0.2) is 0 Å². The first-order valence-electron chi connectivity index (χ1n) is 7.64. The van der Waals surface area contributed by atoms with Crippen molar-refractivity contribution in [3.05, 3.63) is 0 Å². The van der Waals surface area contributed by atoms with Crippen LogP contribution in [0.25, 0.3) is 0 Å². The highest BCUT2D eigenvalue weighted by Crippen LogP contribution is 2.56. The number of hydrogen-bond donors (Lipinski definition) is 0. The third-order valence-corrected chi connectivity index (χ3v) is 5.90. The molecule has 18 heavy (non-hydrogen) atoms. The van der Waals surface area contributed by atoms with Gasteiger partial charge >= 0.3 is 0 Å². The molecule has 0 spiro atoms. The zero-order chi connectivity index (χ0) is 12.3. The Kier molecular flexibility index (Phi) is 2.33. The highest BCUT2D eigenvalue weighted by molar-refractivity contribution is 6.06. The zero-order valence-corrected chi connectivity index (χ0v) is 10.8. The third kappa shape index (κ3) is 1.31. The van der Waals surface area contributed by atoms with E-state index in [2.05, 4.69) is 0 Å². The molecule has 1 saturated heterocycles. The van der Waals surface area contributed by atoms with Gasteiger partial charge in [-0.05, 0) is 43.9 Å². The molecule has 3 saturated carbocycles. The minimum atomic E-state index is 0.0816. The summed E-state index contributed by atoms with van der Waals surface area (Å²) >= 11 is 0. The molecule has 98 valence electrons. The summed E-state index contributed by atoms with van der Waals surface area (Å²) in [7, 11) is 0. The Balaban J connectivity index is 1.62. The van der Waals surface area contributed by atoms with E-state index in [1.807, 2.05) is 0 Å². The fraction of sp³-hybridized carbons (Fsp3) is 0.867. The van der Waals surface area contributed by atoms with Crippen LogP contribution in [0.15, 0.2) is 0 Å². The van der Waals surface area contributed by atoms with E-state index in [4.69, 9.17) is 0 Å². The first kappa shape index (κ1) is 11.0. The number of carbonyl (C=O) groups is 2. The number of fused-ring (bicyclic) bond motifs is 5. The van der Waals surface area contributed by atoms with Crippen molar-refractivity contribution in [2.24, 2.45) is 23.7 Å². The lowest BCUT2D eigenvalue weighted by Crippen LogP contribution is -2.42. The highest BCUT2D eigenvalue weighted by atomic mass is 16.2. The van der Waals surface area contributed by atoms with Gasteiger partial charge < -0.3 is 0 Å². The van der Waals surface area contributed by atoms with Gasteiger partial charge in [-0.3, -0.25) is 14.5 Å². The molecule has 4 aliphatic rings. The minimum Gasteiger partial charge on any atom is -0.279 e. The lowest BCUT2D eigenvalue weighted by molar-refractivity contribution is -0.144. The standard InChI is InChI=1S/C15H21NO2/c17-14-12-9-6-7-10(8-9)13(12)15(18)16(14)11-4-2-1-3-5-11/h9-13H,1-8H2/t9-,10+,12-,13+. The number of nitrogens with zero attached hydrogens (tertiary/aromatic N) is 1. The molecule has 4 fully saturated rings. The molecule has 3 aliphatic carbocycles. The SMILES string of the molecule is O=C1[C@@H]2[C@@H]3CC[C@@H](C3)[C@@H]2C(=O)N1C1CCCCC1. The molecule has 0 unspecified atom stereocenters. The van der Waals surface area contributed by atoms with Crippen molar-refractivity contribution in [2.75, 3.05) is 0 Å². The van der Waals surface area contributed by atoms with Crippen LogP contribution in [0.4, 0.5) is 0 Å². The van der Waals surface area contributed by atoms with Crippen LogP contribution in [0.1, 0.15) is 51.4 Å². The second kappa shape index (κ2) is 3.82. The molecule has 2 bridgehead atoms. The molecule has 1 aliphatic heterocycles. The maximum absolute atomic E-state index is 12.6. The van der Waals surface area contributed by atoms with E-state index in [1.165, 1.54) is 32.1 Å². The van der Waals surface area contributed by atoms with Crippen LogP contribution in [0.3, 0.4) is 0 Å². The van der Waals surface area contributed by atoms with Crippen molar-refractivity contribution in [1.82, 2.24) is 4.90 Å². The van der Waals surface area contributed by atoms with Crippen LogP contribution in [0.5, 0.6) is 0 Å². The molecule has 2 amide bonds. The quantitative estimate of drug-likeness (QED) is 0.667. The molecule has 0 radical (unpaired) electrons. The minimum absolute atomic E-state index is 0.0816. The molecular weight excluding hydrogens is 226 g/mol. The Morgan fingerprint density at radius 3 is 1.89 bits per heavy atom. The largest absolute Gasteiger partial charge is 0.279 e. The van der Waals surface area contributed by atoms with Crippen molar-refractivity contribution in [1.29, 1.82) is 0 Å². The fourth-order valence-corrected chi connectivity index (χ4v) is 5.13. The molecule has 0 aromatic carbocycles. The van der Waals surface area contributed by atoms with E-state index in [1.54, 1.807) is 4.90 Å². The summed E-state index contributed by atoms with van der Waals surface area (Å²) in [4.78, 5) is 26.9. The van der Waals surface area contributed by atoms with Gasteiger partial charge in [0.1, 0.15) is 0 Å². The fourth-order valence-electron chi connectivity index (χ4n) is 5.13. The molecule has 4 rings (SSSR count). The van der Waals surface area contributed by atoms with Crippen LogP contribution >= 0.6 is 0 Å². The maximum Gasteiger partial charge on any atom is 0.233 e. The summed E-state index contributed by atoms with van der Waals surface area (Å²) in [5, 5.41) is 0. The van der Waals surface area contributed by atoms with E-state index >= 15 is 0 Å². The summed E-state index contributed by atoms with van der Waals surface area (Å²) in [5.74, 6) is 1.62. The normalized spacial score (nSPS) is 43.9. The molecule has 0 N–H and O–H groups in total. The van der Waals surface area contributed by atoms with Crippen molar-refractivity contribution in [3.63, 3.8) is 0 Å². The van der Waals surface area contributed by atoms with Gasteiger partial charge in [-0.1, -0.05) is 19.3 Å². The van der Waals surface area contributed by atoms with E-state index in [-0.39, 0.29) is 29.7 Å². The molecule has 0 aromatic rings.